The maximum absolute atomic E-state index is 5.97. The largest absolute Gasteiger partial charge is 0.489 e. The molecular weight excluding hydrogens is 408 g/mol. The standard InChI is InChI=1S/C18H18Br2O2/c1-13-10-16(21-9-8-17(19)20)11-14(2)18(13)22-12-15-6-4-3-5-7-15/h3-8,10-11H,9,12H2,1-2H3. The SMILES string of the molecule is Cc1cc(OCC=C(Br)Br)cc(C)c1OCc1ccccc1. The molecule has 0 radical (unpaired) electrons. The molecule has 0 bridgehead atoms. The summed E-state index contributed by atoms with van der Waals surface area (Å²) in [5.74, 6) is 1.77. The van der Waals surface area contributed by atoms with E-state index in [9.17, 15) is 0 Å². The Morgan fingerprint density at radius 1 is 1.00 bits per heavy atom. The number of hydrogen-bond acceptors (Lipinski definition) is 2. The van der Waals surface area contributed by atoms with Gasteiger partial charge < -0.3 is 9.47 Å². The van der Waals surface area contributed by atoms with E-state index in [-0.39, 0.29) is 0 Å². The second kappa shape index (κ2) is 8.39. The van der Waals surface area contributed by atoms with Crippen LogP contribution in [-0.2, 0) is 6.61 Å². The van der Waals surface area contributed by atoms with Crippen LogP contribution in [0.2, 0.25) is 0 Å². The lowest BCUT2D eigenvalue weighted by Gasteiger charge is -2.14. The van der Waals surface area contributed by atoms with Crippen molar-refractivity contribution in [2.75, 3.05) is 6.61 Å². The van der Waals surface area contributed by atoms with E-state index in [2.05, 4.69) is 44.0 Å². The summed E-state index contributed by atoms with van der Waals surface area (Å²) in [5.41, 5.74) is 3.31. The zero-order valence-corrected chi connectivity index (χ0v) is 15.8. The first-order chi connectivity index (χ1) is 10.6. The first kappa shape index (κ1) is 17.1. The summed E-state index contributed by atoms with van der Waals surface area (Å²) < 4.78 is 12.6. The molecule has 0 saturated carbocycles. The Balaban J connectivity index is 2.05. The van der Waals surface area contributed by atoms with Gasteiger partial charge in [-0.1, -0.05) is 30.3 Å². The van der Waals surface area contributed by atoms with E-state index in [0.29, 0.717) is 13.2 Å². The summed E-state index contributed by atoms with van der Waals surface area (Å²) in [6, 6.07) is 14.2. The topological polar surface area (TPSA) is 18.5 Å². The molecule has 0 saturated heterocycles. The first-order valence-corrected chi connectivity index (χ1v) is 8.57. The normalized spacial score (nSPS) is 10.2. The summed E-state index contributed by atoms with van der Waals surface area (Å²) in [6.07, 6.45) is 1.91. The molecule has 0 spiro atoms. The molecule has 0 unspecified atom stereocenters. The maximum atomic E-state index is 5.97. The van der Waals surface area contributed by atoms with Gasteiger partial charge in [0, 0.05) is 0 Å². The molecule has 0 heterocycles. The molecule has 2 rings (SSSR count). The summed E-state index contributed by atoms with van der Waals surface area (Å²) in [5, 5.41) is 0. The zero-order chi connectivity index (χ0) is 15.9. The number of halogens is 2. The number of hydrogen-bond donors (Lipinski definition) is 0. The molecule has 0 aliphatic rings. The Morgan fingerprint density at radius 3 is 2.23 bits per heavy atom. The van der Waals surface area contributed by atoms with E-state index in [1.807, 2.05) is 50.3 Å². The highest BCUT2D eigenvalue weighted by Crippen LogP contribution is 2.29. The van der Waals surface area contributed by atoms with E-state index >= 15 is 0 Å². The van der Waals surface area contributed by atoms with Crippen molar-refractivity contribution in [2.24, 2.45) is 0 Å². The van der Waals surface area contributed by atoms with Gasteiger partial charge in [-0.25, -0.2) is 0 Å². The van der Waals surface area contributed by atoms with Crippen molar-refractivity contribution >= 4 is 31.9 Å². The van der Waals surface area contributed by atoms with Crippen LogP contribution in [0.3, 0.4) is 0 Å². The minimum absolute atomic E-state index is 0.509. The third-order valence-corrected chi connectivity index (χ3v) is 3.79. The van der Waals surface area contributed by atoms with Gasteiger partial charge in [-0.3, -0.25) is 0 Å². The lowest BCUT2D eigenvalue weighted by Crippen LogP contribution is -2.00. The fourth-order valence-electron chi connectivity index (χ4n) is 2.15. The highest BCUT2D eigenvalue weighted by molar-refractivity contribution is 9.28. The van der Waals surface area contributed by atoms with Crippen LogP contribution in [0, 0.1) is 13.8 Å². The third kappa shape index (κ3) is 5.18. The van der Waals surface area contributed by atoms with E-state index in [0.717, 1.165) is 31.6 Å². The van der Waals surface area contributed by atoms with Gasteiger partial charge in [0.25, 0.3) is 0 Å². The smallest absolute Gasteiger partial charge is 0.125 e. The van der Waals surface area contributed by atoms with Gasteiger partial charge in [0.1, 0.15) is 24.7 Å². The zero-order valence-electron chi connectivity index (χ0n) is 12.6. The molecule has 2 aromatic carbocycles. The molecule has 0 aromatic heterocycles. The fourth-order valence-corrected chi connectivity index (χ4v) is 2.42. The van der Waals surface area contributed by atoms with Crippen molar-refractivity contribution in [2.45, 2.75) is 20.5 Å². The van der Waals surface area contributed by atoms with E-state index < -0.39 is 0 Å². The van der Waals surface area contributed by atoms with E-state index in [1.165, 1.54) is 0 Å². The Morgan fingerprint density at radius 2 is 1.64 bits per heavy atom. The molecule has 0 amide bonds. The Kier molecular flexibility index (Phi) is 6.52. The predicted octanol–water partition coefficient (Wildman–Crippen LogP) is 5.89. The van der Waals surface area contributed by atoms with E-state index in [4.69, 9.17) is 9.47 Å². The number of ether oxygens (including phenoxy) is 2. The van der Waals surface area contributed by atoms with Crippen LogP contribution in [0.1, 0.15) is 16.7 Å². The molecule has 0 fully saturated rings. The highest BCUT2D eigenvalue weighted by atomic mass is 79.9. The van der Waals surface area contributed by atoms with Crippen molar-refractivity contribution < 1.29 is 9.47 Å². The molecule has 0 N–H and O–H groups in total. The van der Waals surface area contributed by atoms with Gasteiger partial charge in [-0.2, -0.15) is 0 Å². The van der Waals surface area contributed by atoms with Gasteiger partial charge in [-0.15, -0.1) is 0 Å². The van der Waals surface area contributed by atoms with Crippen LogP contribution >= 0.6 is 31.9 Å². The lowest BCUT2D eigenvalue weighted by atomic mass is 10.1. The van der Waals surface area contributed by atoms with Gasteiger partial charge in [0.2, 0.25) is 0 Å². The molecular formula is C18H18Br2O2. The number of rotatable bonds is 6. The lowest BCUT2D eigenvalue weighted by molar-refractivity contribution is 0.300. The van der Waals surface area contributed by atoms with Crippen molar-refractivity contribution in [1.82, 2.24) is 0 Å². The highest BCUT2D eigenvalue weighted by Gasteiger charge is 2.07. The predicted molar refractivity (Wildman–Crippen MR) is 98.1 cm³/mol. The third-order valence-electron chi connectivity index (χ3n) is 3.15. The fraction of sp³-hybridized carbons (Fsp3) is 0.222. The van der Waals surface area contributed by atoms with Crippen molar-refractivity contribution in [1.29, 1.82) is 0 Å². The molecule has 2 nitrogen and oxygen atoms in total. The van der Waals surface area contributed by atoms with Crippen molar-refractivity contribution in [3.05, 3.63) is 68.6 Å². The molecule has 0 aliphatic carbocycles. The second-order valence-corrected chi connectivity index (χ2v) is 7.74. The second-order valence-electron chi connectivity index (χ2n) is 4.97. The van der Waals surface area contributed by atoms with Gasteiger partial charge >= 0.3 is 0 Å². The first-order valence-electron chi connectivity index (χ1n) is 6.98. The van der Waals surface area contributed by atoms with E-state index in [1.54, 1.807) is 0 Å². The molecule has 4 heteroatoms. The Labute approximate surface area is 148 Å². The van der Waals surface area contributed by atoms with Crippen LogP contribution in [0.15, 0.2) is 51.9 Å². The molecule has 0 atom stereocenters. The van der Waals surface area contributed by atoms with Crippen LogP contribution in [-0.4, -0.2) is 6.61 Å². The summed E-state index contributed by atoms with van der Waals surface area (Å²) in [7, 11) is 0. The quantitative estimate of drug-likeness (QED) is 0.574. The van der Waals surface area contributed by atoms with Gasteiger partial charge in [0.15, 0.2) is 0 Å². The minimum atomic E-state index is 0.509. The van der Waals surface area contributed by atoms with Gasteiger partial charge in [-0.05, 0) is 80.6 Å². The molecule has 0 aliphatic heterocycles. The number of aryl methyl sites for hydroxylation is 2. The van der Waals surface area contributed by atoms with Crippen molar-refractivity contribution in [3.8, 4) is 11.5 Å². The maximum Gasteiger partial charge on any atom is 0.125 e. The van der Waals surface area contributed by atoms with Crippen LogP contribution in [0.4, 0.5) is 0 Å². The number of benzene rings is 2. The summed E-state index contributed by atoms with van der Waals surface area (Å²) in [6.45, 7) is 5.16. The monoisotopic (exact) mass is 424 g/mol. The van der Waals surface area contributed by atoms with Crippen LogP contribution < -0.4 is 9.47 Å². The average molecular weight is 426 g/mol. The Hall–Kier alpha value is -1.26. The minimum Gasteiger partial charge on any atom is -0.489 e. The molecule has 22 heavy (non-hydrogen) atoms. The van der Waals surface area contributed by atoms with Crippen LogP contribution in [0.5, 0.6) is 11.5 Å². The molecule has 2 aromatic rings. The van der Waals surface area contributed by atoms with Crippen LogP contribution in [0.25, 0.3) is 0 Å². The molecule has 116 valence electrons. The summed E-state index contributed by atoms with van der Waals surface area (Å²) in [4.78, 5) is 0. The average Bonchev–Trinajstić information content (AvgIpc) is 2.47. The van der Waals surface area contributed by atoms with Crippen molar-refractivity contribution in [3.63, 3.8) is 0 Å². The Bertz CT molecular complexity index is 624. The summed E-state index contributed by atoms with van der Waals surface area (Å²) >= 11 is 6.62. The van der Waals surface area contributed by atoms with Gasteiger partial charge in [0.05, 0.1) is 3.39 Å².